The fourth-order valence-corrected chi connectivity index (χ4v) is 1.30. The summed E-state index contributed by atoms with van der Waals surface area (Å²) >= 11 is 0. The minimum Gasteiger partial charge on any atom is -0.351 e. The van der Waals surface area contributed by atoms with Gasteiger partial charge in [0.1, 0.15) is 5.71 Å². The van der Waals surface area contributed by atoms with Crippen LogP contribution in [0.1, 0.15) is 19.8 Å². The van der Waals surface area contributed by atoms with Crippen LogP contribution in [0.2, 0.25) is 0 Å². The third kappa shape index (κ3) is 3.88. The van der Waals surface area contributed by atoms with Crippen molar-refractivity contribution >= 4 is 18.0 Å². The van der Waals surface area contributed by atoms with Gasteiger partial charge in [0.2, 0.25) is 6.41 Å². The first-order chi connectivity index (χ1) is 7.69. The summed E-state index contributed by atoms with van der Waals surface area (Å²) < 4.78 is 0. The van der Waals surface area contributed by atoms with E-state index < -0.39 is 6.04 Å². The lowest BCUT2D eigenvalue weighted by atomic mass is 10.2. The summed E-state index contributed by atoms with van der Waals surface area (Å²) in [6, 6.07) is -0.399. The van der Waals surface area contributed by atoms with Gasteiger partial charge in [-0.05, 0) is 25.7 Å². The monoisotopic (exact) mass is 226 g/mol. The van der Waals surface area contributed by atoms with Crippen LogP contribution in [0.5, 0.6) is 0 Å². The van der Waals surface area contributed by atoms with Crippen LogP contribution in [0.15, 0.2) is 5.10 Å². The lowest BCUT2D eigenvalue weighted by Crippen LogP contribution is -2.44. The lowest BCUT2D eigenvalue weighted by Gasteiger charge is -2.13. The molecule has 1 fully saturated rings. The Morgan fingerprint density at radius 1 is 1.56 bits per heavy atom. The smallest absolute Gasteiger partial charge is 0.269 e. The second-order valence-electron chi connectivity index (χ2n) is 3.88. The predicted molar refractivity (Wildman–Crippen MR) is 60.9 cm³/mol. The fourth-order valence-electron chi connectivity index (χ4n) is 1.30. The minimum absolute atomic E-state index is 0.233. The van der Waals surface area contributed by atoms with Crippen molar-refractivity contribution in [3.05, 3.63) is 0 Å². The maximum Gasteiger partial charge on any atom is 0.269 e. The first kappa shape index (κ1) is 12.5. The summed E-state index contributed by atoms with van der Waals surface area (Å²) in [5.74, 6) is 0.386. The maximum atomic E-state index is 11.7. The number of carbonyl (C=O) groups excluding carboxylic acids is 2. The van der Waals surface area contributed by atoms with Gasteiger partial charge in [-0.1, -0.05) is 0 Å². The van der Waals surface area contributed by atoms with Crippen molar-refractivity contribution in [2.45, 2.75) is 25.8 Å². The predicted octanol–water partition coefficient (Wildman–Crippen LogP) is -0.777. The molecule has 1 atom stereocenters. The van der Waals surface area contributed by atoms with Crippen LogP contribution in [-0.2, 0) is 9.59 Å². The number of amides is 2. The molecule has 0 saturated heterocycles. The van der Waals surface area contributed by atoms with Crippen molar-refractivity contribution in [1.29, 1.82) is 0 Å². The summed E-state index contributed by atoms with van der Waals surface area (Å²) in [5.41, 5.74) is 2.85. The molecule has 1 aliphatic carbocycles. The van der Waals surface area contributed by atoms with Crippen LogP contribution in [0.3, 0.4) is 0 Å². The van der Waals surface area contributed by atoms with Crippen molar-refractivity contribution in [2.75, 3.05) is 13.6 Å². The van der Waals surface area contributed by atoms with Crippen LogP contribution in [0.25, 0.3) is 0 Å². The third-order valence-electron chi connectivity index (χ3n) is 2.44. The molecule has 0 aromatic rings. The highest BCUT2D eigenvalue weighted by molar-refractivity contribution is 6.40. The van der Waals surface area contributed by atoms with E-state index in [4.69, 9.17) is 0 Å². The molecule has 90 valence electrons. The van der Waals surface area contributed by atoms with E-state index in [0.29, 0.717) is 18.9 Å². The van der Waals surface area contributed by atoms with Crippen molar-refractivity contribution in [3.8, 4) is 0 Å². The molecule has 6 nitrogen and oxygen atoms in total. The highest BCUT2D eigenvalue weighted by atomic mass is 16.2. The zero-order valence-corrected chi connectivity index (χ0v) is 9.62. The number of hydrogen-bond donors (Lipinski definition) is 3. The highest BCUT2D eigenvalue weighted by Crippen LogP contribution is 2.27. The molecule has 2 amide bonds. The number of carbonyl (C=O) groups is 2. The van der Waals surface area contributed by atoms with Crippen LogP contribution in [-0.4, -0.2) is 37.7 Å². The Balaban J connectivity index is 2.49. The molecule has 0 radical (unpaired) electrons. The Morgan fingerprint density at radius 3 is 2.75 bits per heavy atom. The van der Waals surface area contributed by atoms with Gasteiger partial charge in [0.15, 0.2) is 0 Å². The molecule has 1 aliphatic rings. The van der Waals surface area contributed by atoms with Crippen LogP contribution in [0.4, 0.5) is 0 Å². The van der Waals surface area contributed by atoms with E-state index in [0.717, 1.165) is 0 Å². The summed E-state index contributed by atoms with van der Waals surface area (Å²) in [5, 5.41) is 9.18. The van der Waals surface area contributed by atoms with Crippen LogP contribution in [0, 0.1) is 5.92 Å². The highest BCUT2D eigenvalue weighted by Gasteiger charge is 2.24. The number of hydrazone groups is 1. The Bertz CT molecular complexity index is 287. The standard InChI is InChI=1S/C10H18N4O2/c1-7(13-6-15)9(14-11-2)10(16)12-5-8-3-4-8/h6-8,11H,3-5H2,1-2H3,(H,12,16)(H,13,15)/b14-9+. The van der Waals surface area contributed by atoms with Gasteiger partial charge >= 0.3 is 0 Å². The van der Waals surface area contributed by atoms with E-state index in [1.807, 2.05) is 0 Å². The molecule has 1 saturated carbocycles. The normalized spacial score (nSPS) is 17.5. The van der Waals surface area contributed by atoms with Gasteiger partial charge in [-0.2, -0.15) is 5.10 Å². The average molecular weight is 226 g/mol. The number of hydrogen-bond acceptors (Lipinski definition) is 4. The number of nitrogens with zero attached hydrogens (tertiary/aromatic N) is 1. The minimum atomic E-state index is -0.399. The van der Waals surface area contributed by atoms with E-state index in [1.54, 1.807) is 14.0 Å². The Hall–Kier alpha value is -1.59. The van der Waals surface area contributed by atoms with E-state index >= 15 is 0 Å². The quantitative estimate of drug-likeness (QED) is 0.302. The van der Waals surface area contributed by atoms with Gasteiger partial charge in [-0.3, -0.25) is 9.59 Å². The molecular weight excluding hydrogens is 208 g/mol. The van der Waals surface area contributed by atoms with Gasteiger partial charge in [0, 0.05) is 13.6 Å². The lowest BCUT2D eigenvalue weighted by molar-refractivity contribution is -0.115. The average Bonchev–Trinajstić information content (AvgIpc) is 3.06. The molecule has 0 bridgehead atoms. The molecule has 0 aromatic heterocycles. The van der Waals surface area contributed by atoms with Crippen molar-refractivity contribution in [1.82, 2.24) is 16.1 Å². The Morgan fingerprint density at radius 2 is 2.25 bits per heavy atom. The second kappa shape index (κ2) is 6.09. The molecule has 1 unspecified atom stereocenters. The van der Waals surface area contributed by atoms with Crippen molar-refractivity contribution in [2.24, 2.45) is 11.0 Å². The third-order valence-corrected chi connectivity index (χ3v) is 2.44. The molecule has 0 heterocycles. The molecule has 3 N–H and O–H groups in total. The van der Waals surface area contributed by atoms with Gasteiger partial charge in [-0.15, -0.1) is 0 Å². The fraction of sp³-hybridized carbons (Fsp3) is 0.700. The van der Waals surface area contributed by atoms with Gasteiger partial charge in [0.25, 0.3) is 5.91 Å². The number of rotatable bonds is 7. The van der Waals surface area contributed by atoms with E-state index in [2.05, 4.69) is 21.2 Å². The summed E-state index contributed by atoms with van der Waals surface area (Å²) in [6.07, 6.45) is 2.92. The maximum absolute atomic E-state index is 11.7. The molecule has 16 heavy (non-hydrogen) atoms. The summed E-state index contributed by atoms with van der Waals surface area (Å²) in [6.45, 7) is 2.40. The van der Waals surface area contributed by atoms with Crippen LogP contribution < -0.4 is 16.1 Å². The summed E-state index contributed by atoms with van der Waals surface area (Å²) in [7, 11) is 1.61. The zero-order chi connectivity index (χ0) is 12.0. The largest absolute Gasteiger partial charge is 0.351 e. The Labute approximate surface area is 94.9 Å². The van der Waals surface area contributed by atoms with Gasteiger partial charge in [-0.25, -0.2) is 0 Å². The molecular formula is C10H18N4O2. The van der Waals surface area contributed by atoms with Crippen molar-refractivity contribution in [3.63, 3.8) is 0 Å². The first-order valence-electron chi connectivity index (χ1n) is 5.41. The van der Waals surface area contributed by atoms with E-state index in [1.165, 1.54) is 12.8 Å². The molecule has 0 spiro atoms. The topological polar surface area (TPSA) is 82.6 Å². The van der Waals surface area contributed by atoms with Crippen molar-refractivity contribution < 1.29 is 9.59 Å². The van der Waals surface area contributed by atoms with E-state index in [9.17, 15) is 9.59 Å². The Kier molecular flexibility index (Phi) is 4.75. The molecule has 1 rings (SSSR count). The van der Waals surface area contributed by atoms with Gasteiger partial charge < -0.3 is 16.1 Å². The molecule has 0 aliphatic heterocycles. The SMILES string of the molecule is CN/N=C(/C(=O)NCC1CC1)C(C)NC=O. The molecule has 6 heteroatoms. The first-order valence-corrected chi connectivity index (χ1v) is 5.41. The number of nitrogens with one attached hydrogen (secondary N) is 3. The zero-order valence-electron chi connectivity index (χ0n) is 9.62. The summed E-state index contributed by atoms with van der Waals surface area (Å²) in [4.78, 5) is 22.0. The second-order valence-corrected chi connectivity index (χ2v) is 3.88. The van der Waals surface area contributed by atoms with Gasteiger partial charge in [0.05, 0.1) is 6.04 Å². The molecule has 0 aromatic carbocycles. The van der Waals surface area contributed by atoms with Crippen LogP contribution >= 0.6 is 0 Å². The van der Waals surface area contributed by atoms with E-state index in [-0.39, 0.29) is 11.6 Å².